The van der Waals surface area contributed by atoms with Crippen LogP contribution in [0.3, 0.4) is 0 Å². The molecule has 0 fully saturated rings. The van der Waals surface area contributed by atoms with Gasteiger partial charge in [0.2, 0.25) is 0 Å². The largest absolute Gasteiger partial charge is 4.00 e. The second kappa shape index (κ2) is 40.3. The van der Waals surface area contributed by atoms with E-state index in [0.717, 1.165) is 0 Å². The molecule has 0 atom stereocenters. The maximum absolute atomic E-state index is 8.48. The maximum atomic E-state index is 8.48. The first-order chi connectivity index (χ1) is 11.8. The molecule has 28 heavy (non-hydrogen) atoms. The monoisotopic (exact) mass is 527 g/mol. The van der Waals surface area contributed by atoms with E-state index in [9.17, 15) is 0 Å². The Morgan fingerprint density at radius 2 is 0.643 bits per heavy atom. The fourth-order valence-corrected chi connectivity index (χ4v) is 0.760. The average molecular weight is 528 g/mol. The van der Waals surface area contributed by atoms with Crippen molar-refractivity contribution in [1.29, 1.82) is 0 Å². The van der Waals surface area contributed by atoms with Gasteiger partial charge in [0.05, 0.1) is 19.8 Å². The summed E-state index contributed by atoms with van der Waals surface area (Å²) < 4.78 is 0. The third kappa shape index (κ3) is 240. The molecular weight excluding hydrogens is 513 g/mol. The predicted molar refractivity (Wildman–Crippen MR) is 59.3 cm³/mol. The summed E-state index contributed by atoms with van der Waals surface area (Å²) in [6.07, 6.45) is -9.33. The zero-order valence-electron chi connectivity index (χ0n) is 13.9. The van der Waals surface area contributed by atoms with Gasteiger partial charge in [-0.05, 0) is 24.6 Å². The standard InChI is InChI=1S/C6H15NO3.4CH2O3.Ti.Zr/c8-4-1-7(2-5-9)3-6-10;4*2-1(3)4;;/h8-10H,1-6H2;4*(H2,2,3,4);;/q;;;;;2*+4/p-8. The fraction of sp³-hybridized carbons (Fsp3) is 0.600. The first kappa shape index (κ1) is 45.3. The molecule has 18 heteroatoms. The summed E-state index contributed by atoms with van der Waals surface area (Å²) in [6.45, 7) is 1.75. The molecule has 0 aromatic carbocycles. The van der Waals surface area contributed by atoms with Crippen molar-refractivity contribution >= 4 is 24.6 Å². The Morgan fingerprint density at radius 1 is 0.536 bits per heavy atom. The van der Waals surface area contributed by atoms with Gasteiger partial charge < -0.3 is 75.3 Å². The van der Waals surface area contributed by atoms with Gasteiger partial charge in [0.25, 0.3) is 0 Å². The first-order valence-corrected chi connectivity index (χ1v) is 5.85. The van der Waals surface area contributed by atoms with Gasteiger partial charge in [0, 0.05) is 19.6 Å². The van der Waals surface area contributed by atoms with Crippen LogP contribution in [0.1, 0.15) is 0 Å². The summed E-state index contributed by atoms with van der Waals surface area (Å²) in [7, 11) is 0. The van der Waals surface area contributed by atoms with E-state index in [-0.39, 0.29) is 67.7 Å². The van der Waals surface area contributed by atoms with Gasteiger partial charge in [-0.1, -0.05) is 0 Å². The molecule has 0 saturated carbocycles. The first-order valence-electron chi connectivity index (χ1n) is 5.85. The van der Waals surface area contributed by atoms with Crippen LogP contribution in [-0.2, 0) is 47.9 Å². The van der Waals surface area contributed by atoms with Gasteiger partial charge in [-0.2, -0.15) is 0 Å². The van der Waals surface area contributed by atoms with Gasteiger partial charge in [-0.15, -0.1) is 0 Å². The number of carbonyl (C=O) groups is 4. The molecule has 158 valence electrons. The van der Waals surface area contributed by atoms with Crippen LogP contribution >= 0.6 is 0 Å². The van der Waals surface area contributed by atoms with E-state index in [0.29, 0.717) is 19.6 Å². The van der Waals surface area contributed by atoms with Crippen molar-refractivity contribution in [2.45, 2.75) is 0 Å². The number of rotatable bonds is 6. The molecule has 0 aliphatic heterocycles. The van der Waals surface area contributed by atoms with Crippen LogP contribution in [0.4, 0.5) is 19.2 Å². The Balaban J connectivity index is -0.0000000420. The summed E-state index contributed by atoms with van der Waals surface area (Å²) in [5.41, 5.74) is 0. The van der Waals surface area contributed by atoms with Crippen LogP contribution in [0.15, 0.2) is 0 Å². The Labute approximate surface area is 191 Å². The van der Waals surface area contributed by atoms with Crippen molar-refractivity contribution in [2.75, 3.05) is 39.5 Å². The number of nitrogens with zero attached hydrogens (tertiary/aromatic N) is 1. The van der Waals surface area contributed by atoms with Crippen LogP contribution in [-0.4, -0.2) is 84.3 Å². The van der Waals surface area contributed by atoms with Crippen LogP contribution in [0, 0.1) is 0 Å². The Hall–Kier alpha value is -1.48. The van der Waals surface area contributed by atoms with Crippen LogP contribution in [0.2, 0.25) is 0 Å². The normalized spacial score (nSPS) is 7.29. The van der Waals surface area contributed by atoms with Gasteiger partial charge in [0.15, 0.2) is 0 Å². The fourth-order valence-electron chi connectivity index (χ4n) is 0.760. The van der Waals surface area contributed by atoms with Crippen LogP contribution in [0.5, 0.6) is 0 Å². The molecule has 0 heterocycles. The average Bonchev–Trinajstić information content (AvgIpc) is 2.36. The minimum absolute atomic E-state index is 0. The Bertz CT molecular complexity index is 281. The SMILES string of the molecule is O=C([O-])[O-].O=C([O-])[O-].O=C([O-])[O-].O=C([O-])[O-].OCCN(CCO)CCO.[Ti+4].[Zr+4]. The van der Waals surface area contributed by atoms with Gasteiger partial charge in [-0.3, -0.25) is 4.90 Å². The molecule has 0 rings (SSSR count). The molecular formula is C10H15NO15TiZr. The number of carboxylic acid groups (broad SMARTS) is 8. The van der Waals surface area contributed by atoms with Crippen LogP contribution in [0.25, 0.3) is 0 Å². The molecule has 0 saturated heterocycles. The zero-order valence-corrected chi connectivity index (χ0v) is 18.0. The second-order valence-corrected chi connectivity index (χ2v) is 3.01. The molecule has 0 unspecified atom stereocenters. The molecule has 3 N–H and O–H groups in total. The quantitative estimate of drug-likeness (QED) is 0.269. The molecule has 0 aromatic heterocycles. The minimum Gasteiger partial charge on any atom is -0.652 e. The zero-order chi connectivity index (χ0) is 22.1. The number of hydrogen-bond acceptors (Lipinski definition) is 16. The molecule has 0 aliphatic carbocycles. The number of aliphatic hydroxyl groups is 3. The maximum Gasteiger partial charge on any atom is 4.00 e. The minimum atomic E-state index is -2.33. The summed E-state index contributed by atoms with van der Waals surface area (Å²) in [5, 5.41) is 92.1. The molecule has 0 aromatic rings. The summed E-state index contributed by atoms with van der Waals surface area (Å²) in [5.74, 6) is 0. The number of hydrogen-bond donors (Lipinski definition) is 3. The smallest absolute Gasteiger partial charge is 0.652 e. The Morgan fingerprint density at radius 3 is 0.714 bits per heavy atom. The van der Waals surface area contributed by atoms with Crippen molar-refractivity contribution in [3.05, 3.63) is 0 Å². The van der Waals surface area contributed by atoms with E-state index in [1.165, 1.54) is 0 Å². The second-order valence-electron chi connectivity index (χ2n) is 3.01. The van der Waals surface area contributed by atoms with Gasteiger partial charge >= 0.3 is 47.9 Å². The van der Waals surface area contributed by atoms with E-state index in [2.05, 4.69) is 0 Å². The van der Waals surface area contributed by atoms with E-state index < -0.39 is 24.6 Å². The number of carbonyl (C=O) groups excluding carboxylic acids is 4. The third-order valence-electron chi connectivity index (χ3n) is 1.25. The van der Waals surface area contributed by atoms with Crippen molar-refractivity contribution in [1.82, 2.24) is 4.90 Å². The molecule has 0 radical (unpaired) electrons. The van der Waals surface area contributed by atoms with Crippen LogP contribution < -0.4 is 40.9 Å². The van der Waals surface area contributed by atoms with E-state index in [1.807, 2.05) is 0 Å². The topological polar surface area (TPSA) is 317 Å². The molecule has 0 aliphatic rings. The summed E-state index contributed by atoms with van der Waals surface area (Å²) in [6, 6.07) is 0. The van der Waals surface area contributed by atoms with Crippen molar-refractivity contribution in [3.63, 3.8) is 0 Å². The molecule has 16 nitrogen and oxygen atoms in total. The third-order valence-corrected chi connectivity index (χ3v) is 1.25. The van der Waals surface area contributed by atoms with Crippen molar-refractivity contribution in [3.8, 4) is 0 Å². The predicted octanol–water partition coefficient (Wildman–Crippen LogP) is -11.5. The molecule has 0 spiro atoms. The van der Waals surface area contributed by atoms with E-state index in [4.69, 9.17) is 75.3 Å². The van der Waals surface area contributed by atoms with E-state index in [1.54, 1.807) is 4.90 Å². The van der Waals surface area contributed by atoms with Crippen molar-refractivity contribution in [2.24, 2.45) is 0 Å². The molecule has 0 bridgehead atoms. The number of aliphatic hydroxyl groups excluding tert-OH is 3. The van der Waals surface area contributed by atoms with E-state index >= 15 is 0 Å². The summed E-state index contributed by atoms with van der Waals surface area (Å²) in [4.78, 5) is 35.1. The van der Waals surface area contributed by atoms with Gasteiger partial charge in [0.1, 0.15) is 0 Å². The molecule has 0 amide bonds. The van der Waals surface area contributed by atoms with Gasteiger partial charge in [-0.25, -0.2) is 0 Å². The Kier molecular flexibility index (Phi) is 65.2. The summed E-state index contributed by atoms with van der Waals surface area (Å²) >= 11 is 0. The van der Waals surface area contributed by atoms with Crippen molar-refractivity contribution < 1.29 is 123 Å².